The maximum Gasteiger partial charge on any atom is 0.334 e. The third-order valence-corrected chi connectivity index (χ3v) is 2.41. The molecule has 0 aliphatic carbocycles. The van der Waals surface area contributed by atoms with E-state index in [2.05, 4.69) is 32.7 Å². The zero-order chi connectivity index (χ0) is 12.6. The van der Waals surface area contributed by atoms with Gasteiger partial charge in [-0.3, -0.25) is 0 Å². The minimum atomic E-state index is -0.300. The Kier molecular flexibility index (Phi) is 7.90. The highest BCUT2D eigenvalue weighted by molar-refractivity contribution is 5.88. The van der Waals surface area contributed by atoms with Gasteiger partial charge in [0.15, 0.2) is 0 Å². The van der Waals surface area contributed by atoms with Crippen molar-refractivity contribution in [3.63, 3.8) is 0 Å². The van der Waals surface area contributed by atoms with Crippen molar-refractivity contribution in [1.82, 2.24) is 5.32 Å². The van der Waals surface area contributed by atoms with Crippen molar-refractivity contribution in [3.05, 3.63) is 12.2 Å². The maximum atomic E-state index is 11.3. The highest BCUT2D eigenvalue weighted by atomic mass is 16.5. The molecule has 16 heavy (non-hydrogen) atoms. The number of nitrogens with one attached hydrogen (secondary N) is 1. The molecule has 0 aromatic carbocycles. The highest BCUT2D eigenvalue weighted by Crippen LogP contribution is 2.06. The van der Waals surface area contributed by atoms with Gasteiger partial charge in [0.05, 0.1) is 6.61 Å². The molecular weight excluding hydrogens is 202 g/mol. The molecule has 0 spiro atoms. The molecule has 0 bridgehead atoms. The number of hydrogen-bond donors (Lipinski definition) is 1. The third kappa shape index (κ3) is 7.46. The minimum Gasteiger partial charge on any atom is -0.463 e. The summed E-state index contributed by atoms with van der Waals surface area (Å²) in [6, 6.07) is 0.411. The first-order valence-electron chi connectivity index (χ1n) is 6.05. The largest absolute Gasteiger partial charge is 0.463 e. The summed E-state index contributed by atoms with van der Waals surface area (Å²) in [5.41, 5.74) is 0.498. The lowest BCUT2D eigenvalue weighted by molar-refractivity contribution is -0.138. The molecule has 1 N–H and O–H groups in total. The van der Waals surface area contributed by atoms with Crippen LogP contribution in [-0.4, -0.2) is 25.2 Å². The molecule has 0 amide bonds. The molecule has 0 aromatic heterocycles. The van der Waals surface area contributed by atoms with Crippen LogP contribution in [0.15, 0.2) is 12.2 Å². The quantitative estimate of drug-likeness (QED) is 0.511. The number of carbonyl (C=O) groups excluding carboxylic acids is 1. The fraction of sp³-hybridized carbons (Fsp3) is 0.769. The molecule has 0 fully saturated rings. The fourth-order valence-corrected chi connectivity index (χ4v) is 1.29. The summed E-state index contributed by atoms with van der Waals surface area (Å²) in [5, 5.41) is 3.28. The van der Waals surface area contributed by atoms with Crippen LogP contribution in [0.1, 0.15) is 40.5 Å². The second kappa shape index (κ2) is 8.34. The van der Waals surface area contributed by atoms with Gasteiger partial charge in [-0.2, -0.15) is 0 Å². The molecule has 0 heterocycles. The lowest BCUT2D eigenvalue weighted by Gasteiger charge is -2.15. The van der Waals surface area contributed by atoms with Gasteiger partial charge in [0.25, 0.3) is 0 Å². The van der Waals surface area contributed by atoms with Gasteiger partial charge in [-0.15, -0.1) is 0 Å². The second-order valence-electron chi connectivity index (χ2n) is 4.58. The average Bonchev–Trinajstić information content (AvgIpc) is 2.23. The van der Waals surface area contributed by atoms with E-state index in [1.807, 2.05) is 0 Å². The summed E-state index contributed by atoms with van der Waals surface area (Å²) in [6.07, 6.45) is 2.31. The van der Waals surface area contributed by atoms with E-state index in [0.29, 0.717) is 24.8 Å². The molecule has 3 nitrogen and oxygen atoms in total. The van der Waals surface area contributed by atoms with Crippen LogP contribution in [0.2, 0.25) is 0 Å². The summed E-state index contributed by atoms with van der Waals surface area (Å²) in [6.45, 7) is 13.0. The van der Waals surface area contributed by atoms with E-state index in [9.17, 15) is 4.79 Å². The number of ether oxygens (including phenoxy) is 1. The second-order valence-corrected chi connectivity index (χ2v) is 4.58. The minimum absolute atomic E-state index is 0.300. The first-order valence-corrected chi connectivity index (χ1v) is 6.05. The predicted molar refractivity (Wildman–Crippen MR) is 67.3 cm³/mol. The topological polar surface area (TPSA) is 38.3 Å². The van der Waals surface area contributed by atoms with Crippen molar-refractivity contribution < 1.29 is 9.53 Å². The smallest absolute Gasteiger partial charge is 0.334 e. The van der Waals surface area contributed by atoms with Crippen LogP contribution >= 0.6 is 0 Å². The molecule has 0 aliphatic rings. The number of rotatable bonds is 8. The molecule has 0 rings (SSSR count). The van der Waals surface area contributed by atoms with E-state index in [1.165, 1.54) is 6.42 Å². The molecule has 0 saturated carbocycles. The molecule has 0 saturated heterocycles. The Morgan fingerprint density at radius 2 is 1.94 bits per heavy atom. The molecule has 1 atom stereocenters. The Morgan fingerprint density at radius 1 is 1.31 bits per heavy atom. The first kappa shape index (κ1) is 15.2. The molecule has 3 heteroatoms. The van der Waals surface area contributed by atoms with Gasteiger partial charge in [-0.25, -0.2) is 4.79 Å². The van der Waals surface area contributed by atoms with Crippen molar-refractivity contribution in [2.75, 3.05) is 13.2 Å². The van der Waals surface area contributed by atoms with E-state index < -0.39 is 0 Å². The normalized spacial score (nSPS) is 12.6. The third-order valence-electron chi connectivity index (χ3n) is 2.41. The molecule has 0 aromatic rings. The van der Waals surface area contributed by atoms with Crippen molar-refractivity contribution in [1.29, 1.82) is 0 Å². The van der Waals surface area contributed by atoms with Gasteiger partial charge in [0.2, 0.25) is 0 Å². The zero-order valence-corrected chi connectivity index (χ0v) is 11.0. The lowest BCUT2D eigenvalue weighted by atomic mass is 10.0. The Morgan fingerprint density at radius 3 is 2.44 bits per heavy atom. The van der Waals surface area contributed by atoms with Crippen LogP contribution in [0.5, 0.6) is 0 Å². The molecule has 0 aliphatic heterocycles. The number of hydrogen-bond acceptors (Lipinski definition) is 3. The first-order chi connectivity index (χ1) is 7.47. The van der Waals surface area contributed by atoms with Crippen LogP contribution in [0.3, 0.4) is 0 Å². The number of esters is 1. The number of carbonyl (C=O) groups is 1. The summed E-state index contributed by atoms with van der Waals surface area (Å²) in [7, 11) is 0. The van der Waals surface area contributed by atoms with E-state index in [0.717, 1.165) is 12.3 Å². The predicted octanol–water partition coefficient (Wildman–Crippen LogP) is 2.52. The Hall–Kier alpha value is -0.830. The van der Waals surface area contributed by atoms with Gasteiger partial charge in [-0.05, 0) is 32.6 Å². The van der Waals surface area contributed by atoms with Crippen molar-refractivity contribution in [3.8, 4) is 0 Å². The van der Waals surface area contributed by atoms with E-state index in [-0.39, 0.29) is 5.97 Å². The standard InChI is InChI=1S/C13H25NO2/c1-6-16-13(15)11(4)9-14-12(5)8-7-10(2)3/h10,12,14H,4,6-9H2,1-3,5H3. The van der Waals surface area contributed by atoms with Crippen LogP contribution in [-0.2, 0) is 9.53 Å². The van der Waals surface area contributed by atoms with Gasteiger partial charge >= 0.3 is 5.97 Å². The Bertz CT molecular complexity index is 224. The Balaban J connectivity index is 3.70. The van der Waals surface area contributed by atoms with Gasteiger partial charge in [0, 0.05) is 18.2 Å². The van der Waals surface area contributed by atoms with Crippen molar-refractivity contribution in [2.45, 2.75) is 46.6 Å². The van der Waals surface area contributed by atoms with E-state index in [1.54, 1.807) is 6.92 Å². The zero-order valence-electron chi connectivity index (χ0n) is 11.0. The highest BCUT2D eigenvalue weighted by Gasteiger charge is 2.09. The van der Waals surface area contributed by atoms with Crippen molar-refractivity contribution in [2.24, 2.45) is 5.92 Å². The summed E-state index contributed by atoms with van der Waals surface area (Å²) in [5.74, 6) is 0.420. The summed E-state index contributed by atoms with van der Waals surface area (Å²) in [4.78, 5) is 11.3. The van der Waals surface area contributed by atoms with Crippen LogP contribution < -0.4 is 5.32 Å². The Labute approximate surface area is 99.3 Å². The SMILES string of the molecule is C=C(CNC(C)CCC(C)C)C(=O)OCC. The van der Waals surface area contributed by atoms with Crippen molar-refractivity contribution >= 4 is 5.97 Å². The fourth-order valence-electron chi connectivity index (χ4n) is 1.29. The van der Waals surface area contributed by atoms with Crippen LogP contribution in [0.25, 0.3) is 0 Å². The van der Waals surface area contributed by atoms with Crippen LogP contribution in [0, 0.1) is 5.92 Å². The van der Waals surface area contributed by atoms with Gasteiger partial charge in [-0.1, -0.05) is 20.4 Å². The van der Waals surface area contributed by atoms with E-state index in [4.69, 9.17) is 4.74 Å². The van der Waals surface area contributed by atoms with Gasteiger partial charge < -0.3 is 10.1 Å². The molecular formula is C13H25NO2. The average molecular weight is 227 g/mol. The monoisotopic (exact) mass is 227 g/mol. The molecule has 1 unspecified atom stereocenters. The lowest BCUT2D eigenvalue weighted by Crippen LogP contribution is -2.30. The summed E-state index contributed by atoms with van der Waals surface area (Å²) >= 11 is 0. The molecule has 94 valence electrons. The summed E-state index contributed by atoms with van der Waals surface area (Å²) < 4.78 is 4.86. The molecule has 0 radical (unpaired) electrons. The maximum absolute atomic E-state index is 11.3. The van der Waals surface area contributed by atoms with Crippen LogP contribution in [0.4, 0.5) is 0 Å². The van der Waals surface area contributed by atoms with Gasteiger partial charge in [0.1, 0.15) is 0 Å². The van der Waals surface area contributed by atoms with E-state index >= 15 is 0 Å².